The molecule has 2 aromatic rings. The van der Waals surface area contributed by atoms with Gasteiger partial charge < -0.3 is 14.8 Å². The van der Waals surface area contributed by atoms with E-state index < -0.39 is 11.9 Å². The molecule has 0 aliphatic heterocycles. The maximum absolute atomic E-state index is 12.9. The van der Waals surface area contributed by atoms with E-state index in [4.69, 9.17) is 0 Å². The van der Waals surface area contributed by atoms with Gasteiger partial charge in [0.2, 0.25) is 5.95 Å². The summed E-state index contributed by atoms with van der Waals surface area (Å²) in [5.41, 5.74) is -0.992. The zero-order valence-corrected chi connectivity index (χ0v) is 13.1. The van der Waals surface area contributed by atoms with Crippen molar-refractivity contribution < 1.29 is 13.2 Å². The average molecular weight is 329 g/mol. The average Bonchev–Trinajstić information content (AvgIpc) is 2.91. The number of aromatic nitrogens is 5. The van der Waals surface area contributed by atoms with E-state index in [0.717, 1.165) is 19.0 Å². The summed E-state index contributed by atoms with van der Waals surface area (Å²) in [5, 5.41) is 10.6. The molecule has 2 rings (SSSR count). The molecule has 7 nitrogen and oxygen atoms in total. The Morgan fingerprint density at radius 3 is 2.61 bits per heavy atom. The highest BCUT2D eigenvalue weighted by Crippen LogP contribution is 2.30. The normalized spacial score (nSPS) is 11.6. The fourth-order valence-corrected chi connectivity index (χ4v) is 1.88. The van der Waals surface area contributed by atoms with Gasteiger partial charge >= 0.3 is 6.18 Å². The molecule has 0 aromatic carbocycles. The Bertz CT molecular complexity index is 651. The standard InChI is InChI=1S/C13H18F3N7/c1-4-5-23-8-18-21-11(23)7-17-10-6-9(13(14,15)16)19-12(20-10)22(2)3/h6,8H,4-5,7H2,1-3H3,(H,17,19,20). The first kappa shape index (κ1) is 17.0. The van der Waals surface area contributed by atoms with Crippen molar-refractivity contribution in [1.29, 1.82) is 0 Å². The van der Waals surface area contributed by atoms with E-state index in [9.17, 15) is 13.2 Å². The highest BCUT2D eigenvalue weighted by molar-refractivity contribution is 5.43. The quantitative estimate of drug-likeness (QED) is 0.876. The number of nitrogens with one attached hydrogen (secondary N) is 1. The van der Waals surface area contributed by atoms with E-state index in [2.05, 4.69) is 25.5 Å². The van der Waals surface area contributed by atoms with Crippen LogP contribution in [0.15, 0.2) is 12.4 Å². The zero-order valence-electron chi connectivity index (χ0n) is 13.1. The third-order valence-electron chi connectivity index (χ3n) is 2.99. The number of hydrogen-bond donors (Lipinski definition) is 1. The lowest BCUT2D eigenvalue weighted by atomic mass is 10.3. The lowest BCUT2D eigenvalue weighted by molar-refractivity contribution is -0.141. The van der Waals surface area contributed by atoms with Crippen LogP contribution >= 0.6 is 0 Å². The summed E-state index contributed by atoms with van der Waals surface area (Å²) in [4.78, 5) is 9.00. The van der Waals surface area contributed by atoms with Crippen LogP contribution in [0.1, 0.15) is 24.9 Å². The summed E-state index contributed by atoms with van der Waals surface area (Å²) >= 11 is 0. The van der Waals surface area contributed by atoms with Crippen LogP contribution in [0.2, 0.25) is 0 Å². The van der Waals surface area contributed by atoms with Crippen molar-refractivity contribution in [3.63, 3.8) is 0 Å². The molecule has 0 atom stereocenters. The topological polar surface area (TPSA) is 71.8 Å². The Morgan fingerprint density at radius 1 is 1.26 bits per heavy atom. The predicted octanol–water partition coefficient (Wildman–Crippen LogP) is 2.17. The van der Waals surface area contributed by atoms with Crippen molar-refractivity contribution >= 4 is 11.8 Å². The SMILES string of the molecule is CCCn1cnnc1CNc1cc(C(F)(F)F)nc(N(C)C)n1. The van der Waals surface area contributed by atoms with E-state index in [1.807, 2.05) is 11.5 Å². The van der Waals surface area contributed by atoms with Gasteiger partial charge in [-0.05, 0) is 6.42 Å². The van der Waals surface area contributed by atoms with Crippen LogP contribution in [-0.2, 0) is 19.3 Å². The molecule has 0 aliphatic carbocycles. The van der Waals surface area contributed by atoms with Crippen LogP contribution in [0.5, 0.6) is 0 Å². The molecule has 10 heteroatoms. The minimum Gasteiger partial charge on any atom is -0.363 e. The molecule has 0 spiro atoms. The maximum atomic E-state index is 12.9. The molecule has 2 heterocycles. The second kappa shape index (κ2) is 6.80. The third kappa shape index (κ3) is 4.30. The van der Waals surface area contributed by atoms with Crippen molar-refractivity contribution in [3.8, 4) is 0 Å². The van der Waals surface area contributed by atoms with E-state index in [-0.39, 0.29) is 18.3 Å². The van der Waals surface area contributed by atoms with Crippen LogP contribution in [0.4, 0.5) is 24.9 Å². The Morgan fingerprint density at radius 2 is 2.00 bits per heavy atom. The molecular formula is C13H18F3N7. The number of alkyl halides is 3. The maximum Gasteiger partial charge on any atom is 0.433 e. The summed E-state index contributed by atoms with van der Waals surface area (Å²) in [5.74, 6) is 0.699. The largest absolute Gasteiger partial charge is 0.433 e. The van der Waals surface area contributed by atoms with Gasteiger partial charge in [-0.1, -0.05) is 6.92 Å². The summed E-state index contributed by atoms with van der Waals surface area (Å²) in [6, 6.07) is 0.882. The monoisotopic (exact) mass is 329 g/mol. The van der Waals surface area contributed by atoms with Crippen molar-refractivity contribution in [1.82, 2.24) is 24.7 Å². The minimum atomic E-state index is -4.54. The number of hydrogen-bond acceptors (Lipinski definition) is 6. The predicted molar refractivity (Wildman–Crippen MR) is 79.0 cm³/mol. The minimum absolute atomic E-state index is 0.0163. The summed E-state index contributed by atoms with van der Waals surface area (Å²) < 4.78 is 40.6. The van der Waals surface area contributed by atoms with Gasteiger partial charge in [-0.25, -0.2) is 4.98 Å². The van der Waals surface area contributed by atoms with Gasteiger partial charge in [0.05, 0.1) is 6.54 Å². The van der Waals surface area contributed by atoms with Crippen LogP contribution in [0, 0.1) is 0 Å². The molecule has 0 saturated carbocycles. The van der Waals surface area contributed by atoms with Crippen molar-refractivity contribution in [2.24, 2.45) is 0 Å². The Balaban J connectivity index is 2.21. The van der Waals surface area contributed by atoms with E-state index in [0.29, 0.717) is 5.82 Å². The molecule has 0 saturated heterocycles. The number of nitrogens with zero attached hydrogens (tertiary/aromatic N) is 6. The first-order chi connectivity index (χ1) is 10.8. The van der Waals surface area contributed by atoms with Crippen molar-refractivity contribution in [2.75, 3.05) is 24.3 Å². The molecule has 0 bridgehead atoms. The fourth-order valence-electron chi connectivity index (χ4n) is 1.88. The van der Waals surface area contributed by atoms with Gasteiger partial charge in [0.25, 0.3) is 0 Å². The molecule has 0 unspecified atom stereocenters. The molecule has 0 fully saturated rings. The molecule has 126 valence electrons. The fraction of sp³-hybridized carbons (Fsp3) is 0.538. The number of anilines is 2. The second-order valence-corrected chi connectivity index (χ2v) is 5.12. The van der Waals surface area contributed by atoms with Gasteiger partial charge in [0.15, 0.2) is 11.5 Å². The lowest BCUT2D eigenvalue weighted by Gasteiger charge is -2.15. The van der Waals surface area contributed by atoms with E-state index in [1.165, 1.54) is 4.90 Å². The van der Waals surface area contributed by atoms with Crippen molar-refractivity contribution in [3.05, 3.63) is 23.9 Å². The van der Waals surface area contributed by atoms with E-state index >= 15 is 0 Å². The van der Waals surface area contributed by atoms with Crippen molar-refractivity contribution in [2.45, 2.75) is 32.6 Å². The molecule has 0 aliphatic rings. The molecular weight excluding hydrogens is 311 g/mol. The first-order valence-electron chi connectivity index (χ1n) is 7.05. The second-order valence-electron chi connectivity index (χ2n) is 5.12. The van der Waals surface area contributed by atoms with Crippen LogP contribution < -0.4 is 10.2 Å². The number of aryl methyl sites for hydroxylation is 1. The van der Waals surface area contributed by atoms with E-state index in [1.54, 1.807) is 20.4 Å². The highest BCUT2D eigenvalue weighted by atomic mass is 19.4. The first-order valence-corrected chi connectivity index (χ1v) is 7.05. The molecule has 0 amide bonds. The van der Waals surface area contributed by atoms with Gasteiger partial charge in [-0.3, -0.25) is 0 Å². The Hall–Kier alpha value is -2.39. The smallest absolute Gasteiger partial charge is 0.363 e. The third-order valence-corrected chi connectivity index (χ3v) is 2.99. The zero-order chi connectivity index (χ0) is 17.0. The Kier molecular flexibility index (Phi) is 5.02. The molecule has 2 aromatic heterocycles. The van der Waals surface area contributed by atoms with Gasteiger partial charge in [-0.15, -0.1) is 10.2 Å². The number of rotatable bonds is 6. The summed E-state index contributed by atoms with van der Waals surface area (Å²) in [6.45, 7) is 2.98. The van der Waals surface area contributed by atoms with Crippen LogP contribution in [0.25, 0.3) is 0 Å². The molecule has 1 N–H and O–H groups in total. The Labute approximate surface area is 131 Å². The highest BCUT2D eigenvalue weighted by Gasteiger charge is 2.34. The van der Waals surface area contributed by atoms with Crippen LogP contribution in [-0.4, -0.2) is 38.8 Å². The van der Waals surface area contributed by atoms with Gasteiger partial charge in [-0.2, -0.15) is 18.2 Å². The van der Waals surface area contributed by atoms with Gasteiger partial charge in [0, 0.05) is 26.7 Å². The number of halogens is 3. The molecule has 23 heavy (non-hydrogen) atoms. The summed E-state index contributed by atoms with van der Waals surface area (Å²) in [6.07, 6.45) is -2.04. The molecule has 0 radical (unpaired) electrons. The van der Waals surface area contributed by atoms with Crippen LogP contribution in [0.3, 0.4) is 0 Å². The summed E-state index contributed by atoms with van der Waals surface area (Å²) in [7, 11) is 3.16. The van der Waals surface area contributed by atoms with Gasteiger partial charge in [0.1, 0.15) is 12.1 Å². The lowest BCUT2D eigenvalue weighted by Crippen LogP contribution is -2.18.